The Morgan fingerprint density at radius 2 is 2.35 bits per heavy atom. The third-order valence-electron chi connectivity index (χ3n) is 2.61. The van der Waals surface area contributed by atoms with Crippen LogP contribution in [0.2, 0.25) is 0 Å². The first-order valence-electron chi connectivity index (χ1n) is 5.91. The Labute approximate surface area is 106 Å². The molecule has 0 saturated heterocycles. The van der Waals surface area contributed by atoms with Crippen LogP contribution in [0.3, 0.4) is 0 Å². The summed E-state index contributed by atoms with van der Waals surface area (Å²) in [5.41, 5.74) is 1.07. The van der Waals surface area contributed by atoms with Gasteiger partial charge in [0.05, 0.1) is 0 Å². The van der Waals surface area contributed by atoms with E-state index in [1.54, 1.807) is 11.3 Å². The van der Waals surface area contributed by atoms with Crippen molar-refractivity contribution < 1.29 is 9.90 Å². The molecule has 96 valence electrons. The van der Waals surface area contributed by atoms with Gasteiger partial charge in [0.2, 0.25) is 0 Å². The van der Waals surface area contributed by atoms with E-state index >= 15 is 0 Å². The summed E-state index contributed by atoms with van der Waals surface area (Å²) in [6, 6.07) is 0. The number of aryl methyl sites for hydroxylation is 1. The van der Waals surface area contributed by atoms with Crippen molar-refractivity contribution in [3.63, 3.8) is 0 Å². The number of nitrogens with one attached hydrogen (secondary N) is 1. The zero-order chi connectivity index (χ0) is 12.7. The molecule has 0 fully saturated rings. The van der Waals surface area contributed by atoms with E-state index in [0.717, 1.165) is 36.6 Å². The molecule has 1 rings (SSSR count). The topological polar surface area (TPSA) is 62.2 Å². The second-order valence-electron chi connectivity index (χ2n) is 4.39. The molecule has 2 N–H and O–H groups in total. The van der Waals surface area contributed by atoms with E-state index in [9.17, 15) is 4.79 Å². The van der Waals surface area contributed by atoms with Gasteiger partial charge in [-0.2, -0.15) is 0 Å². The smallest absolute Gasteiger partial charge is 0.303 e. The number of carbonyl (C=O) groups is 1. The van der Waals surface area contributed by atoms with Crippen molar-refractivity contribution in [2.24, 2.45) is 5.92 Å². The first-order valence-corrected chi connectivity index (χ1v) is 6.79. The van der Waals surface area contributed by atoms with E-state index in [2.05, 4.69) is 17.2 Å². The molecular weight excluding hydrogens is 236 g/mol. The molecule has 1 unspecified atom stereocenters. The van der Waals surface area contributed by atoms with Crippen molar-refractivity contribution in [2.45, 2.75) is 39.7 Å². The molecule has 17 heavy (non-hydrogen) atoms. The predicted octanol–water partition coefficient (Wildman–Crippen LogP) is 2.43. The van der Waals surface area contributed by atoms with Gasteiger partial charge < -0.3 is 10.4 Å². The van der Waals surface area contributed by atoms with E-state index in [0.29, 0.717) is 5.92 Å². The molecule has 1 aromatic heterocycles. The number of aromatic nitrogens is 1. The molecule has 0 radical (unpaired) electrons. The minimum atomic E-state index is -0.705. The SMILES string of the molecule is Cc1csc(CNCCC(C)CCC(=O)O)n1. The van der Waals surface area contributed by atoms with E-state index in [1.165, 1.54) is 0 Å². The fourth-order valence-corrected chi connectivity index (χ4v) is 2.28. The standard InChI is InChI=1S/C12H20N2O2S/c1-9(3-4-12(15)16)5-6-13-7-11-14-10(2)8-17-11/h8-9,13H,3-7H2,1-2H3,(H,15,16). The number of aliphatic carboxylic acids is 1. The van der Waals surface area contributed by atoms with Crippen LogP contribution in [0.4, 0.5) is 0 Å². The second kappa shape index (κ2) is 7.40. The molecule has 1 atom stereocenters. The van der Waals surface area contributed by atoms with Gasteiger partial charge in [-0.05, 0) is 32.2 Å². The van der Waals surface area contributed by atoms with Gasteiger partial charge >= 0.3 is 5.97 Å². The predicted molar refractivity (Wildman–Crippen MR) is 69.2 cm³/mol. The fraction of sp³-hybridized carbons (Fsp3) is 0.667. The maximum atomic E-state index is 10.4. The normalized spacial score (nSPS) is 12.6. The average Bonchev–Trinajstić information content (AvgIpc) is 2.68. The molecule has 0 aliphatic heterocycles. The number of carboxylic acid groups (broad SMARTS) is 1. The van der Waals surface area contributed by atoms with Crippen LogP contribution in [0.5, 0.6) is 0 Å². The van der Waals surface area contributed by atoms with Crippen molar-refractivity contribution in [1.82, 2.24) is 10.3 Å². The molecule has 5 heteroatoms. The summed E-state index contributed by atoms with van der Waals surface area (Å²) in [7, 11) is 0. The summed E-state index contributed by atoms with van der Waals surface area (Å²) < 4.78 is 0. The first kappa shape index (κ1) is 14.1. The lowest BCUT2D eigenvalue weighted by Gasteiger charge is -2.09. The van der Waals surface area contributed by atoms with Crippen molar-refractivity contribution in [3.05, 3.63) is 16.1 Å². The van der Waals surface area contributed by atoms with Crippen LogP contribution in [-0.4, -0.2) is 22.6 Å². The summed E-state index contributed by atoms with van der Waals surface area (Å²) in [4.78, 5) is 14.8. The lowest BCUT2D eigenvalue weighted by atomic mass is 10.0. The van der Waals surface area contributed by atoms with Gasteiger partial charge in [0.1, 0.15) is 5.01 Å². The Kier molecular flexibility index (Phi) is 6.15. The molecule has 4 nitrogen and oxygen atoms in total. The summed E-state index contributed by atoms with van der Waals surface area (Å²) in [5.74, 6) is -0.250. The number of hydrogen-bond donors (Lipinski definition) is 2. The van der Waals surface area contributed by atoms with Crippen molar-refractivity contribution in [2.75, 3.05) is 6.54 Å². The summed E-state index contributed by atoms with van der Waals surface area (Å²) >= 11 is 1.67. The second-order valence-corrected chi connectivity index (χ2v) is 5.33. The van der Waals surface area contributed by atoms with Crippen LogP contribution < -0.4 is 5.32 Å². The van der Waals surface area contributed by atoms with Crippen LogP contribution in [0.25, 0.3) is 0 Å². The van der Waals surface area contributed by atoms with Gasteiger partial charge in [-0.1, -0.05) is 6.92 Å². The lowest BCUT2D eigenvalue weighted by Crippen LogP contribution is -2.17. The zero-order valence-corrected chi connectivity index (χ0v) is 11.2. The number of hydrogen-bond acceptors (Lipinski definition) is 4. The van der Waals surface area contributed by atoms with Gasteiger partial charge in [-0.25, -0.2) is 4.98 Å². The monoisotopic (exact) mass is 256 g/mol. The average molecular weight is 256 g/mol. The molecule has 0 aliphatic rings. The quantitative estimate of drug-likeness (QED) is 0.701. The maximum absolute atomic E-state index is 10.4. The van der Waals surface area contributed by atoms with Gasteiger partial charge in [-0.15, -0.1) is 11.3 Å². The molecule has 0 spiro atoms. The van der Waals surface area contributed by atoms with Gasteiger partial charge in [0.15, 0.2) is 0 Å². The number of nitrogens with zero attached hydrogens (tertiary/aromatic N) is 1. The van der Waals surface area contributed by atoms with Crippen LogP contribution in [0.15, 0.2) is 5.38 Å². The van der Waals surface area contributed by atoms with Gasteiger partial charge in [-0.3, -0.25) is 4.79 Å². The van der Waals surface area contributed by atoms with Gasteiger partial charge in [0, 0.05) is 24.0 Å². The largest absolute Gasteiger partial charge is 0.481 e. The molecule has 1 heterocycles. The first-order chi connectivity index (χ1) is 8.08. The maximum Gasteiger partial charge on any atom is 0.303 e. The van der Waals surface area contributed by atoms with E-state index in [1.807, 2.05) is 12.3 Å². The highest BCUT2D eigenvalue weighted by atomic mass is 32.1. The number of rotatable bonds is 8. The van der Waals surface area contributed by atoms with Gasteiger partial charge in [0.25, 0.3) is 0 Å². The Bertz CT molecular complexity index is 352. The highest BCUT2D eigenvalue weighted by molar-refractivity contribution is 7.09. The Hall–Kier alpha value is -0.940. The molecule has 0 bridgehead atoms. The van der Waals surface area contributed by atoms with Crippen LogP contribution in [-0.2, 0) is 11.3 Å². The highest BCUT2D eigenvalue weighted by Gasteiger charge is 2.05. The molecule has 1 aromatic rings. The number of carboxylic acids is 1. The molecule has 0 amide bonds. The van der Waals surface area contributed by atoms with Crippen LogP contribution in [0, 0.1) is 12.8 Å². The highest BCUT2D eigenvalue weighted by Crippen LogP contribution is 2.10. The molecule has 0 aliphatic carbocycles. The fourth-order valence-electron chi connectivity index (χ4n) is 1.54. The van der Waals surface area contributed by atoms with Crippen LogP contribution in [0.1, 0.15) is 36.9 Å². The zero-order valence-electron chi connectivity index (χ0n) is 10.4. The van der Waals surface area contributed by atoms with Crippen LogP contribution >= 0.6 is 11.3 Å². The minimum Gasteiger partial charge on any atom is -0.481 e. The van der Waals surface area contributed by atoms with Crippen molar-refractivity contribution >= 4 is 17.3 Å². The van der Waals surface area contributed by atoms with Crippen molar-refractivity contribution in [1.29, 1.82) is 0 Å². The van der Waals surface area contributed by atoms with Crippen molar-refractivity contribution in [3.8, 4) is 0 Å². The Morgan fingerprint density at radius 3 is 2.94 bits per heavy atom. The molecule has 0 aromatic carbocycles. The molecular formula is C12H20N2O2S. The van der Waals surface area contributed by atoms with E-state index in [-0.39, 0.29) is 6.42 Å². The number of thiazole rings is 1. The third-order valence-corrected chi connectivity index (χ3v) is 3.57. The minimum absolute atomic E-state index is 0.271. The Balaban J connectivity index is 2.05. The summed E-state index contributed by atoms with van der Waals surface area (Å²) in [6.07, 6.45) is 2.04. The summed E-state index contributed by atoms with van der Waals surface area (Å²) in [6.45, 7) is 5.82. The van der Waals surface area contributed by atoms with E-state index in [4.69, 9.17) is 5.11 Å². The third kappa shape index (κ3) is 6.38. The summed E-state index contributed by atoms with van der Waals surface area (Å²) in [5, 5.41) is 15.1. The van der Waals surface area contributed by atoms with E-state index < -0.39 is 5.97 Å². The lowest BCUT2D eigenvalue weighted by molar-refractivity contribution is -0.137. The Morgan fingerprint density at radius 1 is 1.59 bits per heavy atom. The molecule has 0 saturated carbocycles.